The van der Waals surface area contributed by atoms with Crippen LogP contribution in [0.15, 0.2) is 42.5 Å². The lowest BCUT2D eigenvalue weighted by Crippen LogP contribution is -2.37. The molecule has 24 heavy (non-hydrogen) atoms. The summed E-state index contributed by atoms with van der Waals surface area (Å²) in [6.45, 7) is 4.19. The number of benzene rings is 2. The number of aryl methyl sites for hydroxylation is 1. The van der Waals surface area contributed by atoms with Gasteiger partial charge in [-0.2, -0.15) is 0 Å². The summed E-state index contributed by atoms with van der Waals surface area (Å²) in [6, 6.07) is 13.1. The number of carbonyl (C=O) groups excluding carboxylic acids is 1. The molecule has 1 N–H and O–H groups in total. The van der Waals surface area contributed by atoms with E-state index in [1.807, 2.05) is 37.3 Å². The van der Waals surface area contributed by atoms with Gasteiger partial charge >= 0.3 is 0 Å². The van der Waals surface area contributed by atoms with Gasteiger partial charge in [-0.3, -0.25) is 4.79 Å². The predicted molar refractivity (Wildman–Crippen MR) is 96.0 cm³/mol. The van der Waals surface area contributed by atoms with Gasteiger partial charge in [0.25, 0.3) is 5.91 Å². The van der Waals surface area contributed by atoms with Gasteiger partial charge in [-0.05, 0) is 61.7 Å². The Hall–Kier alpha value is -2.20. The van der Waals surface area contributed by atoms with E-state index in [9.17, 15) is 4.79 Å². The number of ether oxygens (including phenoxy) is 2. The van der Waals surface area contributed by atoms with Crippen LogP contribution in [-0.2, 0) is 11.2 Å². The number of hydrogen-bond acceptors (Lipinski definition) is 3. The minimum atomic E-state index is -0.569. The fraction of sp³-hybridized carbons (Fsp3) is 0.316. The third-order valence-electron chi connectivity index (χ3n) is 3.68. The van der Waals surface area contributed by atoms with Crippen molar-refractivity contribution < 1.29 is 14.3 Å². The Kier molecular flexibility index (Phi) is 6.50. The van der Waals surface area contributed by atoms with E-state index in [0.29, 0.717) is 17.3 Å². The van der Waals surface area contributed by atoms with Gasteiger partial charge in [0.1, 0.15) is 11.5 Å². The molecule has 0 bridgehead atoms. The van der Waals surface area contributed by atoms with Crippen LogP contribution in [0.1, 0.15) is 18.1 Å². The highest BCUT2D eigenvalue weighted by atomic mass is 35.5. The number of carbonyl (C=O) groups is 1. The molecule has 1 atom stereocenters. The van der Waals surface area contributed by atoms with E-state index in [1.54, 1.807) is 26.2 Å². The summed E-state index contributed by atoms with van der Waals surface area (Å²) >= 11 is 5.92. The van der Waals surface area contributed by atoms with E-state index in [-0.39, 0.29) is 5.91 Å². The maximum Gasteiger partial charge on any atom is 0.260 e. The molecule has 0 spiro atoms. The van der Waals surface area contributed by atoms with Crippen LogP contribution in [0, 0.1) is 6.92 Å². The van der Waals surface area contributed by atoms with Gasteiger partial charge in [0, 0.05) is 11.6 Å². The van der Waals surface area contributed by atoms with E-state index in [0.717, 1.165) is 23.3 Å². The maximum absolute atomic E-state index is 12.1. The molecule has 0 aliphatic rings. The maximum atomic E-state index is 12.1. The largest absolute Gasteiger partial charge is 0.497 e. The van der Waals surface area contributed by atoms with E-state index < -0.39 is 6.10 Å². The summed E-state index contributed by atoms with van der Waals surface area (Å²) in [5, 5.41) is 3.54. The molecule has 0 aliphatic heterocycles. The zero-order chi connectivity index (χ0) is 17.5. The first kappa shape index (κ1) is 18.1. The van der Waals surface area contributed by atoms with Crippen LogP contribution in [-0.4, -0.2) is 25.7 Å². The van der Waals surface area contributed by atoms with Gasteiger partial charge in [0.2, 0.25) is 0 Å². The molecule has 128 valence electrons. The average molecular weight is 348 g/mol. The molecule has 0 saturated carbocycles. The lowest BCUT2D eigenvalue weighted by Gasteiger charge is -2.16. The second-order valence-electron chi connectivity index (χ2n) is 5.56. The second-order valence-corrected chi connectivity index (χ2v) is 6.00. The third-order valence-corrected chi connectivity index (χ3v) is 3.92. The van der Waals surface area contributed by atoms with E-state index in [1.165, 1.54) is 0 Å². The standard InChI is InChI=1S/C19H22ClNO3/c1-13-12-16(20)6-9-18(13)24-14(2)19(22)21-11-10-15-4-7-17(23-3)8-5-15/h4-9,12,14H,10-11H2,1-3H3,(H,21,22)/t14-/m0/s1. The lowest BCUT2D eigenvalue weighted by atomic mass is 10.1. The molecular formula is C19H22ClNO3. The Morgan fingerprint density at radius 3 is 2.54 bits per heavy atom. The topological polar surface area (TPSA) is 47.6 Å². The Balaban J connectivity index is 1.80. The summed E-state index contributed by atoms with van der Waals surface area (Å²) < 4.78 is 10.8. The van der Waals surface area contributed by atoms with Crippen LogP contribution >= 0.6 is 11.6 Å². The van der Waals surface area contributed by atoms with E-state index >= 15 is 0 Å². The third kappa shape index (κ3) is 5.17. The van der Waals surface area contributed by atoms with Crippen LogP contribution in [0.5, 0.6) is 11.5 Å². The predicted octanol–water partition coefficient (Wildman–Crippen LogP) is 3.78. The first-order chi connectivity index (χ1) is 11.5. The second kappa shape index (κ2) is 8.60. The normalized spacial score (nSPS) is 11.7. The molecule has 0 saturated heterocycles. The van der Waals surface area contributed by atoms with Crippen molar-refractivity contribution in [1.82, 2.24) is 5.32 Å². The molecule has 0 heterocycles. The zero-order valence-electron chi connectivity index (χ0n) is 14.1. The van der Waals surface area contributed by atoms with E-state index in [2.05, 4.69) is 5.32 Å². The summed E-state index contributed by atoms with van der Waals surface area (Å²) in [4.78, 5) is 12.1. The van der Waals surface area contributed by atoms with Crippen molar-refractivity contribution in [3.63, 3.8) is 0 Å². The first-order valence-electron chi connectivity index (χ1n) is 7.83. The number of nitrogens with one attached hydrogen (secondary N) is 1. The van der Waals surface area contributed by atoms with Crippen molar-refractivity contribution in [2.24, 2.45) is 0 Å². The Morgan fingerprint density at radius 1 is 1.21 bits per heavy atom. The molecule has 0 aromatic heterocycles. The zero-order valence-corrected chi connectivity index (χ0v) is 14.9. The molecular weight excluding hydrogens is 326 g/mol. The molecule has 2 rings (SSSR count). The van der Waals surface area contributed by atoms with Crippen molar-refractivity contribution in [3.05, 3.63) is 58.6 Å². The number of halogens is 1. The minimum Gasteiger partial charge on any atom is -0.497 e. The van der Waals surface area contributed by atoms with Gasteiger partial charge < -0.3 is 14.8 Å². The van der Waals surface area contributed by atoms with Crippen molar-refractivity contribution in [1.29, 1.82) is 0 Å². The fourth-order valence-electron chi connectivity index (χ4n) is 2.25. The van der Waals surface area contributed by atoms with Crippen molar-refractivity contribution in [2.75, 3.05) is 13.7 Å². The average Bonchev–Trinajstić information content (AvgIpc) is 2.57. The number of rotatable bonds is 7. The fourth-order valence-corrected chi connectivity index (χ4v) is 2.48. The molecule has 0 radical (unpaired) electrons. The molecule has 0 unspecified atom stereocenters. The van der Waals surface area contributed by atoms with Gasteiger partial charge in [-0.15, -0.1) is 0 Å². The highest BCUT2D eigenvalue weighted by molar-refractivity contribution is 6.30. The van der Waals surface area contributed by atoms with Gasteiger partial charge in [0.15, 0.2) is 6.10 Å². The van der Waals surface area contributed by atoms with Crippen LogP contribution in [0.3, 0.4) is 0 Å². The van der Waals surface area contributed by atoms with Gasteiger partial charge in [-0.25, -0.2) is 0 Å². The molecule has 5 heteroatoms. The van der Waals surface area contributed by atoms with E-state index in [4.69, 9.17) is 21.1 Å². The Labute approximate surface area is 147 Å². The monoisotopic (exact) mass is 347 g/mol. The molecule has 0 aliphatic carbocycles. The van der Waals surface area contributed by atoms with Crippen molar-refractivity contribution >= 4 is 17.5 Å². The SMILES string of the molecule is COc1ccc(CCNC(=O)[C@H](C)Oc2ccc(Cl)cc2C)cc1. The summed E-state index contributed by atoms with van der Waals surface area (Å²) in [6.07, 6.45) is 0.184. The minimum absolute atomic E-state index is 0.141. The van der Waals surface area contributed by atoms with Gasteiger partial charge in [0.05, 0.1) is 7.11 Å². The Morgan fingerprint density at radius 2 is 1.92 bits per heavy atom. The van der Waals surface area contributed by atoms with Crippen molar-refractivity contribution in [3.8, 4) is 11.5 Å². The van der Waals surface area contributed by atoms with Crippen LogP contribution < -0.4 is 14.8 Å². The lowest BCUT2D eigenvalue weighted by molar-refractivity contribution is -0.127. The summed E-state index contributed by atoms with van der Waals surface area (Å²) in [7, 11) is 1.64. The molecule has 0 fully saturated rings. The molecule has 1 amide bonds. The molecule has 2 aromatic rings. The summed E-state index contributed by atoms with van der Waals surface area (Å²) in [5.74, 6) is 1.35. The van der Waals surface area contributed by atoms with Crippen molar-refractivity contribution in [2.45, 2.75) is 26.4 Å². The quantitative estimate of drug-likeness (QED) is 0.829. The number of hydrogen-bond donors (Lipinski definition) is 1. The number of amides is 1. The Bertz CT molecular complexity index is 686. The smallest absolute Gasteiger partial charge is 0.260 e. The number of methoxy groups -OCH3 is 1. The van der Waals surface area contributed by atoms with Crippen LogP contribution in [0.4, 0.5) is 0 Å². The highest BCUT2D eigenvalue weighted by Crippen LogP contribution is 2.22. The molecule has 2 aromatic carbocycles. The van der Waals surface area contributed by atoms with Crippen LogP contribution in [0.2, 0.25) is 5.02 Å². The highest BCUT2D eigenvalue weighted by Gasteiger charge is 2.15. The molecule has 4 nitrogen and oxygen atoms in total. The first-order valence-corrected chi connectivity index (χ1v) is 8.21. The van der Waals surface area contributed by atoms with Gasteiger partial charge in [-0.1, -0.05) is 23.7 Å². The van der Waals surface area contributed by atoms with Crippen LogP contribution in [0.25, 0.3) is 0 Å². The summed E-state index contributed by atoms with van der Waals surface area (Å²) in [5.41, 5.74) is 2.04.